The van der Waals surface area contributed by atoms with Crippen molar-refractivity contribution in [1.82, 2.24) is 4.98 Å². The van der Waals surface area contributed by atoms with Crippen molar-refractivity contribution in [3.8, 4) is 6.07 Å². The van der Waals surface area contributed by atoms with E-state index in [0.717, 1.165) is 0 Å². The summed E-state index contributed by atoms with van der Waals surface area (Å²) in [6.45, 7) is 0. The molecule has 1 saturated carbocycles. The van der Waals surface area contributed by atoms with Crippen molar-refractivity contribution in [3.05, 3.63) is 23.9 Å². The predicted molar refractivity (Wildman–Crippen MR) is 74.2 cm³/mol. The standard InChI is InChI=1S/C14H16N2O3S/c15-8-10-3-6-16-12(7-10)20-9-14(19)4-1-11(2-5-14)13(17)18/h3,6-7,11,19H,1-2,4-5,9H2,(H,17,18). The zero-order valence-corrected chi connectivity index (χ0v) is 11.8. The van der Waals surface area contributed by atoms with Crippen molar-refractivity contribution < 1.29 is 15.0 Å². The Balaban J connectivity index is 1.90. The molecule has 1 aromatic heterocycles. The van der Waals surface area contributed by atoms with Crippen molar-refractivity contribution in [2.75, 3.05) is 5.75 Å². The fraction of sp³-hybridized carbons (Fsp3) is 0.500. The van der Waals surface area contributed by atoms with Crippen LogP contribution in [0.2, 0.25) is 0 Å². The first kappa shape index (κ1) is 14.8. The van der Waals surface area contributed by atoms with Gasteiger partial charge in [0.1, 0.15) is 0 Å². The third-order valence-corrected chi connectivity index (χ3v) is 4.82. The summed E-state index contributed by atoms with van der Waals surface area (Å²) < 4.78 is 0. The van der Waals surface area contributed by atoms with Crippen LogP contribution in [0.25, 0.3) is 0 Å². The van der Waals surface area contributed by atoms with Gasteiger partial charge in [-0.25, -0.2) is 4.98 Å². The number of thioether (sulfide) groups is 1. The summed E-state index contributed by atoms with van der Waals surface area (Å²) in [5, 5.41) is 28.9. The van der Waals surface area contributed by atoms with Crippen molar-refractivity contribution in [2.45, 2.75) is 36.3 Å². The summed E-state index contributed by atoms with van der Waals surface area (Å²) in [6, 6.07) is 5.38. The van der Waals surface area contributed by atoms with E-state index in [9.17, 15) is 9.90 Å². The number of carboxylic acids is 1. The molecular weight excluding hydrogens is 276 g/mol. The van der Waals surface area contributed by atoms with Crippen LogP contribution in [-0.2, 0) is 4.79 Å². The summed E-state index contributed by atoms with van der Waals surface area (Å²) in [5.74, 6) is -0.635. The molecule has 0 bridgehead atoms. The number of hydrogen-bond donors (Lipinski definition) is 2. The minimum atomic E-state index is -0.832. The van der Waals surface area contributed by atoms with Gasteiger partial charge in [-0.3, -0.25) is 4.79 Å². The summed E-state index contributed by atoms with van der Waals surface area (Å²) in [4.78, 5) is 15.0. The molecule has 20 heavy (non-hydrogen) atoms. The SMILES string of the molecule is N#Cc1ccnc(SCC2(O)CCC(C(=O)O)CC2)c1. The molecule has 0 radical (unpaired) electrons. The Morgan fingerprint density at radius 3 is 2.85 bits per heavy atom. The minimum absolute atomic E-state index is 0.333. The lowest BCUT2D eigenvalue weighted by molar-refractivity contribution is -0.144. The molecule has 0 spiro atoms. The van der Waals surface area contributed by atoms with Crippen molar-refractivity contribution >= 4 is 17.7 Å². The van der Waals surface area contributed by atoms with Crippen LogP contribution in [0.5, 0.6) is 0 Å². The van der Waals surface area contributed by atoms with Gasteiger partial charge in [-0.1, -0.05) is 0 Å². The van der Waals surface area contributed by atoms with Gasteiger partial charge < -0.3 is 10.2 Å². The molecule has 5 nitrogen and oxygen atoms in total. The number of rotatable bonds is 4. The Morgan fingerprint density at radius 2 is 2.25 bits per heavy atom. The van der Waals surface area contributed by atoms with Gasteiger partial charge >= 0.3 is 5.97 Å². The molecule has 2 N–H and O–H groups in total. The van der Waals surface area contributed by atoms with Crippen LogP contribution in [0.3, 0.4) is 0 Å². The van der Waals surface area contributed by atoms with Gasteiger partial charge in [0, 0.05) is 11.9 Å². The topological polar surface area (TPSA) is 94.2 Å². The second-order valence-electron chi connectivity index (χ2n) is 5.12. The Hall–Kier alpha value is -1.58. The second-order valence-corrected chi connectivity index (χ2v) is 6.12. The number of hydrogen-bond acceptors (Lipinski definition) is 5. The molecule has 1 aliphatic carbocycles. The van der Waals surface area contributed by atoms with Crippen LogP contribution in [0, 0.1) is 17.2 Å². The predicted octanol–water partition coefficient (Wildman–Crippen LogP) is 2.05. The van der Waals surface area contributed by atoms with Crippen LogP contribution in [0.1, 0.15) is 31.2 Å². The van der Waals surface area contributed by atoms with Crippen LogP contribution in [0.15, 0.2) is 23.4 Å². The summed E-state index contributed by atoms with van der Waals surface area (Å²) >= 11 is 1.41. The average molecular weight is 292 g/mol. The highest BCUT2D eigenvalue weighted by atomic mass is 32.2. The quantitative estimate of drug-likeness (QED) is 0.825. The molecule has 0 aromatic carbocycles. The van der Waals surface area contributed by atoms with Crippen LogP contribution in [-0.4, -0.2) is 32.5 Å². The minimum Gasteiger partial charge on any atom is -0.481 e. The summed E-state index contributed by atoms with van der Waals surface area (Å²) in [5.41, 5.74) is -0.287. The fourth-order valence-electron chi connectivity index (χ4n) is 2.31. The van der Waals surface area contributed by atoms with Crippen LogP contribution in [0.4, 0.5) is 0 Å². The van der Waals surface area contributed by atoms with Crippen LogP contribution >= 0.6 is 11.8 Å². The maximum absolute atomic E-state index is 10.9. The highest BCUT2D eigenvalue weighted by molar-refractivity contribution is 7.99. The normalized spacial score (nSPS) is 25.9. The number of aromatic nitrogens is 1. The zero-order valence-electron chi connectivity index (χ0n) is 11.0. The fourth-order valence-corrected chi connectivity index (χ4v) is 3.36. The number of carboxylic acid groups (broad SMARTS) is 1. The highest BCUT2D eigenvalue weighted by Crippen LogP contribution is 2.35. The molecule has 0 saturated heterocycles. The van der Waals surface area contributed by atoms with Gasteiger partial charge in [-0.05, 0) is 37.8 Å². The van der Waals surface area contributed by atoms with E-state index in [2.05, 4.69) is 11.1 Å². The Morgan fingerprint density at radius 1 is 1.55 bits per heavy atom. The van der Waals surface area contributed by atoms with Gasteiger partial charge in [0.25, 0.3) is 0 Å². The molecule has 0 amide bonds. The lowest BCUT2D eigenvalue weighted by Gasteiger charge is -2.34. The molecule has 1 heterocycles. The molecule has 0 atom stereocenters. The zero-order chi connectivity index (χ0) is 14.6. The number of pyridine rings is 1. The van der Waals surface area contributed by atoms with E-state index < -0.39 is 11.6 Å². The van der Waals surface area contributed by atoms with Gasteiger partial charge in [0.2, 0.25) is 0 Å². The average Bonchev–Trinajstić information content (AvgIpc) is 2.46. The molecule has 1 aliphatic rings. The Bertz CT molecular complexity index is 533. The molecule has 2 rings (SSSR count). The second kappa shape index (κ2) is 6.25. The first-order valence-electron chi connectivity index (χ1n) is 6.46. The lowest BCUT2D eigenvalue weighted by atomic mass is 9.80. The Kier molecular flexibility index (Phi) is 4.63. The molecular formula is C14H16N2O3S. The van der Waals surface area contributed by atoms with E-state index in [1.807, 2.05) is 0 Å². The van der Waals surface area contributed by atoms with Crippen molar-refractivity contribution in [1.29, 1.82) is 5.26 Å². The number of nitriles is 1. The van der Waals surface area contributed by atoms with Gasteiger partial charge in [-0.15, -0.1) is 11.8 Å². The summed E-state index contributed by atoms with van der Waals surface area (Å²) in [7, 11) is 0. The van der Waals surface area contributed by atoms with E-state index in [4.69, 9.17) is 10.4 Å². The van der Waals surface area contributed by atoms with Gasteiger partial charge in [0.15, 0.2) is 0 Å². The number of nitrogens with zero attached hydrogens (tertiary/aromatic N) is 2. The van der Waals surface area contributed by atoms with E-state index in [1.165, 1.54) is 11.8 Å². The van der Waals surface area contributed by atoms with E-state index >= 15 is 0 Å². The molecule has 0 unspecified atom stereocenters. The maximum atomic E-state index is 10.9. The molecule has 106 valence electrons. The molecule has 0 aliphatic heterocycles. The summed E-state index contributed by atoms with van der Waals surface area (Å²) in [6.07, 6.45) is 3.59. The smallest absolute Gasteiger partial charge is 0.306 e. The number of aliphatic hydroxyl groups is 1. The Labute approximate surface area is 121 Å². The molecule has 1 fully saturated rings. The van der Waals surface area contributed by atoms with Gasteiger partial charge in [-0.2, -0.15) is 5.26 Å². The van der Waals surface area contributed by atoms with Crippen LogP contribution < -0.4 is 0 Å². The largest absolute Gasteiger partial charge is 0.481 e. The van der Waals surface area contributed by atoms with E-state index in [0.29, 0.717) is 42.0 Å². The molecule has 6 heteroatoms. The van der Waals surface area contributed by atoms with E-state index in [-0.39, 0.29) is 5.92 Å². The van der Waals surface area contributed by atoms with Crippen molar-refractivity contribution in [2.24, 2.45) is 5.92 Å². The lowest BCUT2D eigenvalue weighted by Crippen LogP contribution is -2.38. The highest BCUT2D eigenvalue weighted by Gasteiger charge is 2.35. The van der Waals surface area contributed by atoms with Gasteiger partial charge in [0.05, 0.1) is 28.2 Å². The maximum Gasteiger partial charge on any atom is 0.306 e. The van der Waals surface area contributed by atoms with E-state index in [1.54, 1.807) is 18.3 Å². The third-order valence-electron chi connectivity index (χ3n) is 3.62. The third kappa shape index (κ3) is 3.71. The van der Waals surface area contributed by atoms with Crippen molar-refractivity contribution in [3.63, 3.8) is 0 Å². The number of carbonyl (C=O) groups is 1. The first-order chi connectivity index (χ1) is 9.52. The monoisotopic (exact) mass is 292 g/mol. The number of aliphatic carboxylic acids is 1. The molecule has 1 aromatic rings. The first-order valence-corrected chi connectivity index (χ1v) is 7.45.